The first kappa shape index (κ1) is 18.8. The molecule has 1 heterocycles. The van der Waals surface area contributed by atoms with Gasteiger partial charge in [0.05, 0.1) is 5.75 Å². The number of hydrogen-bond donors (Lipinski definition) is 2. The molecule has 142 valence electrons. The highest BCUT2D eigenvalue weighted by Crippen LogP contribution is 2.34. The summed E-state index contributed by atoms with van der Waals surface area (Å²) in [6.45, 7) is 0.710. The molecule has 0 radical (unpaired) electrons. The summed E-state index contributed by atoms with van der Waals surface area (Å²) < 4.78 is 28.9. The largest absolute Gasteiger partial charge is 0.486 e. The Morgan fingerprint density at radius 3 is 2.48 bits per heavy atom. The van der Waals surface area contributed by atoms with Gasteiger partial charge in [0.25, 0.3) is 5.91 Å². The third-order valence-electron chi connectivity index (χ3n) is 3.41. The van der Waals surface area contributed by atoms with Crippen molar-refractivity contribution in [2.75, 3.05) is 25.6 Å². The van der Waals surface area contributed by atoms with Gasteiger partial charge in [-0.05, 0) is 42.5 Å². The van der Waals surface area contributed by atoms with Crippen molar-refractivity contribution in [3.63, 3.8) is 0 Å². The van der Waals surface area contributed by atoms with E-state index in [0.29, 0.717) is 30.5 Å². The lowest BCUT2D eigenvalue weighted by Gasteiger charge is -2.18. The molecule has 2 N–H and O–H groups in total. The van der Waals surface area contributed by atoms with Crippen LogP contribution in [-0.2, 0) is 9.59 Å². The number of halogens is 1. The molecule has 2 aromatic carbocycles. The van der Waals surface area contributed by atoms with E-state index < -0.39 is 11.7 Å². The fourth-order valence-corrected chi connectivity index (χ4v) is 2.88. The van der Waals surface area contributed by atoms with Gasteiger partial charge in [-0.25, -0.2) is 4.39 Å². The average Bonchev–Trinajstić information content (AvgIpc) is 2.70. The van der Waals surface area contributed by atoms with E-state index in [1.165, 1.54) is 36.0 Å². The van der Waals surface area contributed by atoms with Crippen LogP contribution in [0.15, 0.2) is 47.4 Å². The summed E-state index contributed by atoms with van der Waals surface area (Å²) in [6.07, 6.45) is 0. The zero-order chi connectivity index (χ0) is 19.1. The fourth-order valence-electron chi connectivity index (χ4n) is 2.15. The lowest BCUT2D eigenvalue weighted by Crippen LogP contribution is -2.44. The van der Waals surface area contributed by atoms with Crippen LogP contribution in [0.25, 0.3) is 0 Å². The second-order valence-corrected chi connectivity index (χ2v) is 6.48. The summed E-state index contributed by atoms with van der Waals surface area (Å²) >= 11 is 1.30. The van der Waals surface area contributed by atoms with Gasteiger partial charge in [-0.1, -0.05) is 0 Å². The van der Waals surface area contributed by atoms with Crippen molar-refractivity contribution in [2.45, 2.75) is 4.90 Å². The maximum absolute atomic E-state index is 12.8. The van der Waals surface area contributed by atoms with E-state index in [0.717, 1.165) is 4.90 Å². The maximum Gasteiger partial charge on any atom is 0.276 e. The van der Waals surface area contributed by atoms with Crippen LogP contribution in [0.4, 0.5) is 4.39 Å². The number of carbonyl (C=O) groups is 2. The number of thioether (sulfide) groups is 1. The van der Waals surface area contributed by atoms with Gasteiger partial charge in [-0.15, -0.1) is 11.8 Å². The molecule has 0 saturated carbocycles. The van der Waals surface area contributed by atoms with Gasteiger partial charge < -0.3 is 14.2 Å². The predicted octanol–water partition coefficient (Wildman–Crippen LogP) is 1.92. The van der Waals surface area contributed by atoms with Crippen LogP contribution in [0.1, 0.15) is 0 Å². The number of rotatable bonds is 6. The first-order valence-corrected chi connectivity index (χ1v) is 9.07. The lowest BCUT2D eigenvalue weighted by atomic mass is 10.3. The minimum Gasteiger partial charge on any atom is -0.486 e. The topological polar surface area (TPSA) is 85.9 Å². The Bertz CT molecular complexity index is 816. The molecular weight excluding hydrogens is 375 g/mol. The van der Waals surface area contributed by atoms with Gasteiger partial charge in [0.1, 0.15) is 24.8 Å². The molecule has 0 unspecified atom stereocenters. The Balaban J connectivity index is 1.36. The summed E-state index contributed by atoms with van der Waals surface area (Å²) in [5.74, 6) is 0.503. The third-order valence-corrected chi connectivity index (χ3v) is 4.40. The number of hydrogen-bond acceptors (Lipinski definition) is 6. The number of nitrogens with one attached hydrogen (secondary N) is 2. The molecule has 7 nitrogen and oxygen atoms in total. The Hall–Kier alpha value is -2.94. The quantitative estimate of drug-likeness (QED) is 0.577. The van der Waals surface area contributed by atoms with Crippen LogP contribution in [-0.4, -0.2) is 37.4 Å². The van der Waals surface area contributed by atoms with E-state index in [-0.39, 0.29) is 18.3 Å². The third kappa shape index (κ3) is 5.78. The second-order valence-electron chi connectivity index (χ2n) is 5.43. The van der Waals surface area contributed by atoms with Gasteiger partial charge in [-0.3, -0.25) is 20.4 Å². The van der Waals surface area contributed by atoms with Crippen LogP contribution >= 0.6 is 11.8 Å². The molecule has 3 rings (SSSR count). The Kier molecular flexibility index (Phi) is 6.37. The van der Waals surface area contributed by atoms with E-state index in [1.807, 2.05) is 12.1 Å². The number of amides is 2. The Morgan fingerprint density at radius 1 is 1.00 bits per heavy atom. The van der Waals surface area contributed by atoms with Crippen molar-refractivity contribution in [1.82, 2.24) is 10.9 Å². The molecule has 0 aromatic heterocycles. The fraction of sp³-hybridized carbons (Fsp3) is 0.222. The molecule has 0 aliphatic carbocycles. The van der Waals surface area contributed by atoms with Gasteiger partial charge in [0, 0.05) is 4.90 Å². The van der Waals surface area contributed by atoms with E-state index >= 15 is 0 Å². The monoisotopic (exact) mass is 392 g/mol. The molecule has 0 spiro atoms. The van der Waals surface area contributed by atoms with Crippen molar-refractivity contribution < 1.29 is 28.2 Å². The van der Waals surface area contributed by atoms with Crippen LogP contribution < -0.4 is 25.1 Å². The summed E-state index contributed by atoms with van der Waals surface area (Å²) in [7, 11) is 0. The Labute approximate surface area is 159 Å². The standard InChI is InChI=1S/C18H17FN2O5S/c19-12-1-3-13(4-2-12)26-10-17(22)20-21-18(23)11-27-14-5-6-15-16(9-14)25-8-7-24-15/h1-6,9H,7-8,10-11H2,(H,20,22)(H,21,23). The summed E-state index contributed by atoms with van der Waals surface area (Å²) in [5, 5.41) is 0. The first-order chi connectivity index (χ1) is 13.1. The van der Waals surface area contributed by atoms with Crippen molar-refractivity contribution in [1.29, 1.82) is 0 Å². The molecule has 27 heavy (non-hydrogen) atoms. The molecule has 0 bridgehead atoms. The highest BCUT2D eigenvalue weighted by atomic mass is 32.2. The number of hydrazine groups is 1. The smallest absolute Gasteiger partial charge is 0.276 e. The van der Waals surface area contributed by atoms with Gasteiger partial charge in [-0.2, -0.15) is 0 Å². The number of benzene rings is 2. The molecule has 1 aliphatic rings. The van der Waals surface area contributed by atoms with E-state index in [9.17, 15) is 14.0 Å². The SMILES string of the molecule is O=C(COc1ccc(F)cc1)NNC(=O)CSc1ccc2c(c1)OCCO2. The van der Waals surface area contributed by atoms with Crippen molar-refractivity contribution >= 4 is 23.6 Å². The zero-order valence-corrected chi connectivity index (χ0v) is 15.0. The highest BCUT2D eigenvalue weighted by molar-refractivity contribution is 8.00. The molecule has 2 amide bonds. The highest BCUT2D eigenvalue weighted by Gasteiger charge is 2.13. The molecule has 0 saturated heterocycles. The van der Waals surface area contributed by atoms with Crippen LogP contribution in [0.2, 0.25) is 0 Å². The van der Waals surface area contributed by atoms with Crippen LogP contribution in [0.5, 0.6) is 17.2 Å². The van der Waals surface area contributed by atoms with Crippen molar-refractivity contribution in [2.24, 2.45) is 0 Å². The average molecular weight is 392 g/mol. The predicted molar refractivity (Wildman–Crippen MR) is 96.3 cm³/mol. The van der Waals surface area contributed by atoms with Crippen molar-refractivity contribution in [3.8, 4) is 17.2 Å². The van der Waals surface area contributed by atoms with E-state index in [2.05, 4.69) is 10.9 Å². The molecule has 0 fully saturated rings. The minimum atomic E-state index is -0.531. The molecule has 9 heteroatoms. The second kappa shape index (κ2) is 9.13. The number of carbonyl (C=O) groups excluding carboxylic acids is 2. The van der Waals surface area contributed by atoms with Crippen molar-refractivity contribution in [3.05, 3.63) is 48.3 Å². The number of fused-ring (bicyclic) bond motifs is 1. The summed E-state index contributed by atoms with van der Waals surface area (Å²) in [6, 6.07) is 10.7. The van der Waals surface area contributed by atoms with E-state index in [1.54, 1.807) is 6.07 Å². The summed E-state index contributed by atoms with van der Waals surface area (Å²) in [5.41, 5.74) is 4.56. The normalized spacial score (nSPS) is 12.2. The van der Waals surface area contributed by atoms with Crippen LogP contribution in [0.3, 0.4) is 0 Å². The lowest BCUT2D eigenvalue weighted by molar-refractivity contribution is -0.128. The molecular formula is C18H17FN2O5S. The van der Waals surface area contributed by atoms with Gasteiger partial charge in [0.15, 0.2) is 18.1 Å². The molecule has 1 aliphatic heterocycles. The molecule has 2 aromatic rings. The number of ether oxygens (including phenoxy) is 3. The van der Waals surface area contributed by atoms with Gasteiger partial charge >= 0.3 is 0 Å². The maximum atomic E-state index is 12.8. The first-order valence-electron chi connectivity index (χ1n) is 8.08. The molecule has 0 atom stereocenters. The Morgan fingerprint density at radius 2 is 1.70 bits per heavy atom. The zero-order valence-electron chi connectivity index (χ0n) is 14.2. The van der Waals surface area contributed by atoms with Crippen LogP contribution in [0, 0.1) is 5.82 Å². The van der Waals surface area contributed by atoms with E-state index in [4.69, 9.17) is 14.2 Å². The summed E-state index contributed by atoms with van der Waals surface area (Å²) in [4.78, 5) is 24.3. The van der Waals surface area contributed by atoms with Gasteiger partial charge in [0.2, 0.25) is 5.91 Å². The minimum absolute atomic E-state index is 0.110.